The summed E-state index contributed by atoms with van der Waals surface area (Å²) < 4.78 is 64.5. The minimum absolute atomic E-state index is 0.0988. The molecule has 10 nitrogen and oxygen atoms in total. The van der Waals surface area contributed by atoms with Crippen molar-refractivity contribution in [2.75, 3.05) is 117 Å². The maximum Gasteiger partial charge on any atom is 0.673 e. The largest absolute Gasteiger partial charge is 0.673 e. The Morgan fingerprint density at radius 3 is 0.810 bits per heavy atom. The topological polar surface area (TPSA) is 50.6 Å². The zero-order chi connectivity index (χ0) is 44.6. The first-order valence-electron chi connectivity index (χ1n) is 23.5. The summed E-state index contributed by atoms with van der Waals surface area (Å²) in [6.45, 7) is 55.0. The lowest BCUT2D eigenvalue weighted by Gasteiger charge is -2.57. The summed E-state index contributed by atoms with van der Waals surface area (Å²) in [5, 5.41) is -0.198. The lowest BCUT2D eigenvalue weighted by atomic mass is 10.2. The van der Waals surface area contributed by atoms with Crippen LogP contribution in [0.5, 0.6) is 0 Å². The van der Waals surface area contributed by atoms with E-state index in [-0.39, 0.29) is 10.8 Å². The second-order valence-corrected chi connectivity index (χ2v) is 25.1. The van der Waals surface area contributed by atoms with Gasteiger partial charge in [0.25, 0.3) is 0 Å². The number of hydrogen-bond donors (Lipinski definition) is 0. The SMILES string of the molecule is CCN(CC)C1(N(CC)CC)CCCP1(=N[P+](N=P1(N(CC)CC)CCCC1(N(CC)CC)N(CC)CC)(N(CC)CC)N(CC)CC)N(CC)CC.F[B-](F)(F)F. The second-order valence-electron chi connectivity index (χ2n) is 15.1. The quantitative estimate of drug-likeness (QED) is 0.0368. The summed E-state index contributed by atoms with van der Waals surface area (Å²) >= 11 is 0. The highest BCUT2D eigenvalue weighted by molar-refractivity contribution is 7.83. The molecular weight excluding hydrogens is 800 g/mol. The first kappa shape index (κ1) is 56.4. The van der Waals surface area contributed by atoms with E-state index in [4.69, 9.17) is 9.03 Å². The van der Waals surface area contributed by atoms with Crippen LogP contribution in [-0.2, 0) is 0 Å². The number of hydrogen-bond acceptors (Lipinski definition) is 8. The Bertz CT molecular complexity index is 1130. The fourth-order valence-electron chi connectivity index (χ4n) is 11.1. The van der Waals surface area contributed by atoms with Crippen molar-refractivity contribution < 1.29 is 17.3 Å². The first-order chi connectivity index (χ1) is 27.5. The van der Waals surface area contributed by atoms with E-state index in [0.29, 0.717) is 0 Å². The van der Waals surface area contributed by atoms with Gasteiger partial charge in [0.15, 0.2) is 0 Å². The van der Waals surface area contributed by atoms with Crippen molar-refractivity contribution in [2.24, 2.45) is 9.03 Å². The molecule has 58 heavy (non-hydrogen) atoms. The molecule has 0 aromatic carbocycles. The van der Waals surface area contributed by atoms with Gasteiger partial charge in [-0.2, -0.15) is 0 Å². The van der Waals surface area contributed by atoms with Crippen LogP contribution in [-0.4, -0.2) is 173 Å². The molecule has 0 amide bonds. The Kier molecular flexibility index (Phi) is 24.9. The predicted octanol–water partition coefficient (Wildman–Crippen LogP) is 11.8. The third-order valence-corrected chi connectivity index (χ3v) is 29.0. The highest BCUT2D eigenvalue weighted by Crippen LogP contribution is 2.86. The maximum atomic E-state index is 9.75. The third kappa shape index (κ3) is 10.8. The van der Waals surface area contributed by atoms with Gasteiger partial charge >= 0.3 is 15.1 Å². The van der Waals surface area contributed by atoms with Crippen LogP contribution in [0, 0.1) is 0 Å². The normalized spacial score (nSPS) is 22.4. The number of rotatable bonds is 26. The first-order valence-corrected chi connectivity index (χ1v) is 28.9. The molecule has 2 aliphatic heterocycles. The molecule has 0 N–H and O–H groups in total. The standard InChI is InChI=1S/C40H92N10P3.BF4/c1-17-43(18-2)39(44(19-3)20-4)35-33-37-51(39,47(25-9)26-10)41-53(49(29-13)30-14,50(31-15)32-16)42-52(48(27-11)28-12)38-34-36-40(52,45(21-5)22-6)46(23-7)24-8;2-1(3,4)5/h17-38H2,1-16H3;/q+1;-1. The van der Waals surface area contributed by atoms with Crippen molar-refractivity contribution in [3.63, 3.8) is 0 Å². The van der Waals surface area contributed by atoms with Gasteiger partial charge in [0, 0.05) is 64.7 Å². The Balaban J connectivity index is 0.00000315. The smallest absolute Gasteiger partial charge is 0.418 e. The van der Waals surface area contributed by atoms with Gasteiger partial charge in [-0.15, -0.1) is 9.34 Å². The van der Waals surface area contributed by atoms with Gasteiger partial charge in [0.2, 0.25) is 0 Å². The highest BCUT2D eigenvalue weighted by Gasteiger charge is 2.67. The minimum Gasteiger partial charge on any atom is -0.418 e. The van der Waals surface area contributed by atoms with Crippen LogP contribution in [0.25, 0.3) is 0 Å². The van der Waals surface area contributed by atoms with Crippen LogP contribution in [0.3, 0.4) is 0 Å². The molecule has 2 saturated heterocycles. The fourth-order valence-corrected chi connectivity index (χ4v) is 30.5. The summed E-state index contributed by atoms with van der Waals surface area (Å²) in [5.74, 6) is 0. The van der Waals surface area contributed by atoms with E-state index in [1.54, 1.807) is 0 Å². The molecule has 2 atom stereocenters. The van der Waals surface area contributed by atoms with E-state index in [1.807, 2.05) is 0 Å². The van der Waals surface area contributed by atoms with Crippen molar-refractivity contribution in [3.05, 3.63) is 0 Å². The van der Waals surface area contributed by atoms with Crippen molar-refractivity contribution in [1.82, 2.24) is 38.3 Å². The zero-order valence-electron chi connectivity index (χ0n) is 40.5. The average Bonchev–Trinajstić information content (AvgIpc) is 3.74. The summed E-state index contributed by atoms with van der Waals surface area (Å²) in [7, 11) is -13.2. The number of halogens is 4. The summed E-state index contributed by atoms with van der Waals surface area (Å²) in [4.78, 5) is 11.5. The number of nitrogens with zero attached hydrogens (tertiary/aromatic N) is 10. The van der Waals surface area contributed by atoms with Gasteiger partial charge in [-0.25, -0.2) is 0 Å². The van der Waals surface area contributed by atoms with E-state index in [1.165, 1.54) is 38.0 Å². The van der Waals surface area contributed by atoms with Gasteiger partial charge < -0.3 is 17.3 Å². The molecule has 0 aromatic rings. The second kappa shape index (κ2) is 25.6. The molecule has 348 valence electrons. The predicted molar refractivity (Wildman–Crippen MR) is 253 cm³/mol. The Morgan fingerprint density at radius 2 is 0.638 bits per heavy atom. The summed E-state index contributed by atoms with van der Waals surface area (Å²) in [6.07, 6.45) is 7.23. The van der Waals surface area contributed by atoms with Crippen LogP contribution in [0.15, 0.2) is 9.03 Å². The molecule has 18 heteroatoms. The monoisotopic (exact) mass is 893 g/mol. The highest BCUT2D eigenvalue weighted by atomic mass is 31.3. The van der Waals surface area contributed by atoms with Crippen LogP contribution in [0.2, 0.25) is 0 Å². The summed E-state index contributed by atoms with van der Waals surface area (Å²) in [6, 6.07) is 0. The van der Waals surface area contributed by atoms with Crippen LogP contribution >= 0.6 is 22.3 Å². The van der Waals surface area contributed by atoms with Gasteiger partial charge in [0.1, 0.15) is 25.2 Å². The zero-order valence-corrected chi connectivity index (χ0v) is 43.1. The van der Waals surface area contributed by atoms with Crippen molar-refractivity contribution >= 4 is 29.5 Å². The Morgan fingerprint density at radius 1 is 0.414 bits per heavy atom. The van der Waals surface area contributed by atoms with Crippen molar-refractivity contribution in [2.45, 2.75) is 147 Å². The molecule has 2 aliphatic rings. The van der Waals surface area contributed by atoms with Crippen LogP contribution < -0.4 is 0 Å². The molecule has 0 radical (unpaired) electrons. The molecule has 2 unspecified atom stereocenters. The Labute approximate surface area is 357 Å². The Hall–Kier alpha value is 0.355. The van der Waals surface area contributed by atoms with E-state index < -0.39 is 29.5 Å². The van der Waals surface area contributed by atoms with Gasteiger partial charge in [-0.05, 0) is 106 Å². The molecule has 0 spiro atoms. The van der Waals surface area contributed by atoms with E-state index in [0.717, 1.165) is 105 Å². The van der Waals surface area contributed by atoms with Crippen molar-refractivity contribution in [1.29, 1.82) is 0 Å². The lowest BCUT2D eigenvalue weighted by molar-refractivity contribution is 0.0146. The average molecular weight is 893 g/mol. The maximum absolute atomic E-state index is 9.75. The van der Waals surface area contributed by atoms with Crippen LogP contribution in [0.4, 0.5) is 17.3 Å². The van der Waals surface area contributed by atoms with E-state index in [2.05, 4.69) is 149 Å². The van der Waals surface area contributed by atoms with E-state index >= 15 is 0 Å². The van der Waals surface area contributed by atoms with Gasteiger partial charge in [-0.3, -0.25) is 28.9 Å². The lowest BCUT2D eigenvalue weighted by Crippen LogP contribution is -2.61. The molecule has 0 aromatic heterocycles. The van der Waals surface area contributed by atoms with E-state index in [9.17, 15) is 17.3 Å². The van der Waals surface area contributed by atoms with Gasteiger partial charge in [-0.1, -0.05) is 92.1 Å². The molecule has 0 bridgehead atoms. The minimum atomic E-state index is -6.00. The molecule has 2 rings (SSSR count). The third-order valence-electron chi connectivity index (χ3n) is 13.3. The molecule has 0 aliphatic carbocycles. The fraction of sp³-hybridized carbons (Fsp3) is 1.00. The molecular formula is C40H92BF4N10P3. The molecule has 2 heterocycles. The molecule has 0 saturated carbocycles. The summed E-state index contributed by atoms with van der Waals surface area (Å²) in [5.41, 5.74) is 0. The van der Waals surface area contributed by atoms with Crippen molar-refractivity contribution in [3.8, 4) is 0 Å². The van der Waals surface area contributed by atoms with Crippen LogP contribution in [0.1, 0.15) is 136 Å². The molecule has 2 fully saturated rings. The van der Waals surface area contributed by atoms with Gasteiger partial charge in [0.05, 0.1) is 0 Å².